The molecule has 0 radical (unpaired) electrons. The first kappa shape index (κ1) is 14.5. The van der Waals surface area contributed by atoms with Crippen molar-refractivity contribution in [2.24, 2.45) is 0 Å². The van der Waals surface area contributed by atoms with Crippen LogP contribution in [0.4, 0.5) is 0 Å². The van der Waals surface area contributed by atoms with Crippen LogP contribution < -0.4 is 0 Å². The Morgan fingerprint density at radius 2 is 2.06 bits per heavy atom. The van der Waals surface area contributed by atoms with Gasteiger partial charge in [0.05, 0.1) is 32.1 Å². The average molecular weight is 270 g/mol. The molecule has 0 bridgehead atoms. The predicted molar refractivity (Wildman–Crippen MR) is 63.9 cm³/mol. The predicted octanol–water partition coefficient (Wildman–Crippen LogP) is 1.70. The number of thioether (sulfide) groups is 1. The zero-order chi connectivity index (χ0) is 12.0. The average Bonchev–Trinajstić information content (AvgIpc) is 2.65. The summed E-state index contributed by atoms with van der Waals surface area (Å²) >= 11 is 1.54. The molecule has 16 heavy (non-hydrogen) atoms. The van der Waals surface area contributed by atoms with Crippen LogP contribution in [0.25, 0.3) is 0 Å². The molecule has 5 nitrogen and oxygen atoms in total. The van der Waals surface area contributed by atoms with Crippen LogP contribution in [0.3, 0.4) is 0 Å². The number of hydrogen-bond donors (Lipinski definition) is 1. The topological polar surface area (TPSA) is 65.0 Å². The Labute approximate surface area is 100 Å². The lowest BCUT2D eigenvalue weighted by molar-refractivity contribution is 0.0325. The fraction of sp³-hybridized carbons (Fsp3) is 1.00. The summed E-state index contributed by atoms with van der Waals surface area (Å²) in [5.41, 5.74) is -0.207. The summed E-state index contributed by atoms with van der Waals surface area (Å²) in [7, 11) is -3.03. The lowest BCUT2D eigenvalue weighted by atomic mass is 10.4. The minimum absolute atomic E-state index is 0.00291. The fourth-order valence-electron chi connectivity index (χ4n) is 1.42. The first-order valence-corrected chi connectivity index (χ1v) is 8.17. The van der Waals surface area contributed by atoms with Gasteiger partial charge in [0.2, 0.25) is 0 Å². The van der Waals surface area contributed by atoms with E-state index in [1.165, 1.54) is 11.8 Å². The van der Waals surface area contributed by atoms with Crippen LogP contribution in [0.5, 0.6) is 0 Å². The lowest BCUT2D eigenvalue weighted by Crippen LogP contribution is -2.19. The van der Waals surface area contributed by atoms with E-state index in [4.69, 9.17) is 18.9 Å². The maximum absolute atomic E-state index is 12.2. The molecule has 2 atom stereocenters. The van der Waals surface area contributed by atoms with Gasteiger partial charge in [-0.3, -0.25) is 4.57 Å². The zero-order valence-corrected chi connectivity index (χ0v) is 11.3. The van der Waals surface area contributed by atoms with E-state index < -0.39 is 7.60 Å². The molecule has 1 aliphatic rings. The number of hydrogen-bond acceptors (Lipinski definition) is 6. The van der Waals surface area contributed by atoms with Gasteiger partial charge < -0.3 is 18.9 Å². The SMILES string of the molecule is CCOP(=O)(C[C@H]1O[C@H](CO)CS1)OCC. The van der Waals surface area contributed by atoms with Crippen LogP contribution in [0.1, 0.15) is 13.8 Å². The number of aliphatic hydroxyl groups excluding tert-OH is 1. The minimum atomic E-state index is -3.03. The van der Waals surface area contributed by atoms with Gasteiger partial charge in [-0.2, -0.15) is 0 Å². The maximum atomic E-state index is 12.2. The summed E-state index contributed by atoms with van der Waals surface area (Å²) in [5, 5.41) is 8.92. The normalized spacial score (nSPS) is 26.2. The van der Waals surface area contributed by atoms with Crippen LogP contribution in [0.15, 0.2) is 0 Å². The van der Waals surface area contributed by atoms with Gasteiger partial charge in [0.1, 0.15) is 5.44 Å². The van der Waals surface area contributed by atoms with Crippen molar-refractivity contribution in [2.45, 2.75) is 25.4 Å². The van der Waals surface area contributed by atoms with E-state index in [0.29, 0.717) is 13.2 Å². The van der Waals surface area contributed by atoms with Gasteiger partial charge in [0, 0.05) is 5.75 Å². The summed E-state index contributed by atoms with van der Waals surface area (Å²) in [6.45, 7) is 4.28. The van der Waals surface area contributed by atoms with E-state index in [0.717, 1.165) is 5.75 Å². The highest BCUT2D eigenvalue weighted by Gasteiger charge is 2.34. The molecule has 0 unspecified atom stereocenters. The highest BCUT2D eigenvalue weighted by molar-refractivity contribution is 8.00. The monoisotopic (exact) mass is 270 g/mol. The quantitative estimate of drug-likeness (QED) is 0.710. The molecule has 7 heteroatoms. The second-order valence-corrected chi connectivity index (χ2v) is 6.63. The first-order chi connectivity index (χ1) is 7.63. The van der Waals surface area contributed by atoms with Gasteiger partial charge in [0.15, 0.2) is 0 Å². The first-order valence-electron chi connectivity index (χ1n) is 5.39. The van der Waals surface area contributed by atoms with Crippen molar-refractivity contribution in [3.8, 4) is 0 Å². The second kappa shape index (κ2) is 6.99. The molecule has 1 rings (SSSR count). The van der Waals surface area contributed by atoms with Crippen LogP contribution >= 0.6 is 19.4 Å². The fourth-order valence-corrected chi connectivity index (χ4v) is 4.76. The van der Waals surface area contributed by atoms with E-state index in [9.17, 15) is 4.57 Å². The van der Waals surface area contributed by atoms with Crippen LogP contribution in [-0.4, -0.2) is 48.4 Å². The second-order valence-electron chi connectivity index (χ2n) is 3.33. The summed E-state index contributed by atoms with van der Waals surface area (Å²) in [5.74, 6) is 0.722. The summed E-state index contributed by atoms with van der Waals surface area (Å²) in [4.78, 5) is 0. The molecule has 1 fully saturated rings. The van der Waals surface area contributed by atoms with Gasteiger partial charge in [-0.25, -0.2) is 0 Å². The standard InChI is InChI=1S/C9H19O5PS/c1-3-12-15(11,13-4-2)6-9-14-8(5-10)7-16-9/h8-10H,3-7H2,1-2H3/t8-,9+/m1/s1. The zero-order valence-electron chi connectivity index (χ0n) is 9.63. The molecule has 0 aromatic rings. The van der Waals surface area contributed by atoms with E-state index in [1.807, 2.05) is 0 Å². The number of rotatable bonds is 7. The smallest absolute Gasteiger partial charge is 0.334 e. The molecular weight excluding hydrogens is 251 g/mol. The van der Waals surface area contributed by atoms with Crippen molar-refractivity contribution in [2.75, 3.05) is 31.7 Å². The van der Waals surface area contributed by atoms with Crippen molar-refractivity contribution in [1.29, 1.82) is 0 Å². The molecule has 0 aromatic heterocycles. The van der Waals surface area contributed by atoms with Crippen molar-refractivity contribution >= 4 is 19.4 Å². The number of aliphatic hydroxyl groups is 1. The van der Waals surface area contributed by atoms with Crippen LogP contribution in [-0.2, 0) is 18.3 Å². The molecule has 0 spiro atoms. The van der Waals surface area contributed by atoms with Gasteiger partial charge in [0.25, 0.3) is 0 Å². The molecule has 1 N–H and O–H groups in total. The van der Waals surface area contributed by atoms with Gasteiger partial charge in [-0.05, 0) is 13.8 Å². The molecule has 1 heterocycles. The third kappa shape index (κ3) is 4.35. The minimum Gasteiger partial charge on any atom is -0.394 e. The van der Waals surface area contributed by atoms with Gasteiger partial charge >= 0.3 is 7.60 Å². The molecule has 0 aliphatic carbocycles. The van der Waals surface area contributed by atoms with Crippen LogP contribution in [0, 0.1) is 0 Å². The molecule has 1 saturated heterocycles. The maximum Gasteiger partial charge on any atom is 0.334 e. The highest BCUT2D eigenvalue weighted by Crippen LogP contribution is 2.51. The van der Waals surface area contributed by atoms with Crippen molar-refractivity contribution in [3.05, 3.63) is 0 Å². The molecule has 1 aliphatic heterocycles. The third-order valence-corrected chi connectivity index (χ3v) is 5.58. The molecule has 0 amide bonds. The summed E-state index contributed by atoms with van der Waals surface area (Å²) in [6.07, 6.45) is 0.0854. The third-order valence-electron chi connectivity index (χ3n) is 2.04. The summed E-state index contributed by atoms with van der Waals surface area (Å²) < 4.78 is 28.0. The van der Waals surface area contributed by atoms with Crippen LogP contribution in [0.2, 0.25) is 0 Å². The Morgan fingerprint density at radius 1 is 1.44 bits per heavy atom. The largest absolute Gasteiger partial charge is 0.394 e. The van der Waals surface area contributed by atoms with E-state index in [2.05, 4.69) is 0 Å². The Kier molecular flexibility index (Phi) is 6.32. The molecule has 0 aromatic carbocycles. The van der Waals surface area contributed by atoms with E-state index in [-0.39, 0.29) is 24.3 Å². The lowest BCUT2D eigenvalue weighted by Gasteiger charge is -2.19. The Hall–Kier alpha value is 0.420. The molecule has 0 saturated carbocycles. The molecule has 96 valence electrons. The van der Waals surface area contributed by atoms with Gasteiger partial charge in [-0.15, -0.1) is 11.8 Å². The van der Waals surface area contributed by atoms with Gasteiger partial charge in [-0.1, -0.05) is 0 Å². The highest BCUT2D eigenvalue weighted by atomic mass is 32.2. The van der Waals surface area contributed by atoms with Crippen molar-refractivity contribution in [1.82, 2.24) is 0 Å². The van der Waals surface area contributed by atoms with E-state index in [1.54, 1.807) is 13.8 Å². The molecular formula is C9H19O5PS. The Bertz CT molecular complexity index is 240. The number of ether oxygens (including phenoxy) is 1. The Morgan fingerprint density at radius 3 is 2.50 bits per heavy atom. The van der Waals surface area contributed by atoms with Crippen molar-refractivity contribution in [3.63, 3.8) is 0 Å². The van der Waals surface area contributed by atoms with Crippen molar-refractivity contribution < 1.29 is 23.5 Å². The Balaban J connectivity index is 2.46. The summed E-state index contributed by atoms with van der Waals surface area (Å²) in [6, 6.07) is 0. The van der Waals surface area contributed by atoms with E-state index >= 15 is 0 Å².